The highest BCUT2D eigenvalue weighted by atomic mass is 79.9. The van der Waals surface area contributed by atoms with Crippen LogP contribution in [0.2, 0.25) is 5.15 Å². The van der Waals surface area contributed by atoms with Gasteiger partial charge in [0.15, 0.2) is 5.15 Å². The van der Waals surface area contributed by atoms with Gasteiger partial charge in [-0.25, -0.2) is 9.37 Å². The first-order valence-corrected chi connectivity index (χ1v) is 6.40. The van der Waals surface area contributed by atoms with E-state index in [2.05, 4.69) is 20.9 Å². The molecule has 104 valence electrons. The van der Waals surface area contributed by atoms with Gasteiger partial charge >= 0.3 is 0 Å². The van der Waals surface area contributed by atoms with Gasteiger partial charge in [-0.1, -0.05) is 11.6 Å². The van der Waals surface area contributed by atoms with Gasteiger partial charge in [0.1, 0.15) is 10.3 Å². The van der Waals surface area contributed by atoms with E-state index in [1.54, 1.807) is 0 Å². The van der Waals surface area contributed by atoms with Gasteiger partial charge < -0.3 is 0 Å². The highest BCUT2D eigenvalue weighted by Gasteiger charge is 2.16. The van der Waals surface area contributed by atoms with E-state index in [0.717, 1.165) is 29.1 Å². The normalized spacial score (nSPS) is 10.6. The summed E-state index contributed by atoms with van der Waals surface area (Å²) < 4.78 is 14.3. The van der Waals surface area contributed by atoms with Gasteiger partial charge in [0.25, 0.3) is 11.2 Å². The standard InChI is InChI=1S/C11H6BrClFN3O3/c12-9-10(13)15-5-16(11(9)18)4-6-3-7(14)1-2-8(6)17(19)20/h1-3,5H,4H2. The zero-order valence-electron chi connectivity index (χ0n) is 9.72. The van der Waals surface area contributed by atoms with Crippen molar-refractivity contribution in [2.24, 2.45) is 0 Å². The Bertz CT molecular complexity index is 750. The van der Waals surface area contributed by atoms with E-state index in [1.807, 2.05) is 0 Å². The number of rotatable bonds is 3. The van der Waals surface area contributed by atoms with E-state index in [-0.39, 0.29) is 27.4 Å². The van der Waals surface area contributed by atoms with Crippen LogP contribution in [0.1, 0.15) is 5.56 Å². The molecular weight excluding hydrogens is 356 g/mol. The predicted molar refractivity (Wildman–Crippen MR) is 73.4 cm³/mol. The van der Waals surface area contributed by atoms with Crippen LogP contribution in [0.4, 0.5) is 10.1 Å². The lowest BCUT2D eigenvalue weighted by Crippen LogP contribution is -2.22. The lowest BCUT2D eigenvalue weighted by Gasteiger charge is -2.07. The van der Waals surface area contributed by atoms with Crippen LogP contribution < -0.4 is 5.56 Å². The molecule has 2 rings (SSSR count). The topological polar surface area (TPSA) is 78.0 Å². The molecule has 0 fully saturated rings. The highest BCUT2D eigenvalue weighted by molar-refractivity contribution is 9.10. The number of nitro benzene ring substituents is 1. The molecule has 0 bridgehead atoms. The zero-order valence-corrected chi connectivity index (χ0v) is 12.1. The Morgan fingerprint density at radius 3 is 2.85 bits per heavy atom. The Morgan fingerprint density at radius 1 is 1.50 bits per heavy atom. The predicted octanol–water partition coefficient (Wildman–Crippen LogP) is 2.75. The lowest BCUT2D eigenvalue weighted by molar-refractivity contribution is -0.385. The summed E-state index contributed by atoms with van der Waals surface area (Å²) in [5, 5.41) is 10.9. The van der Waals surface area contributed by atoms with Crippen molar-refractivity contribution in [2.45, 2.75) is 6.54 Å². The van der Waals surface area contributed by atoms with Crippen LogP contribution in [0.15, 0.2) is 33.8 Å². The maximum Gasteiger partial charge on any atom is 0.274 e. The number of nitro groups is 1. The first-order valence-electron chi connectivity index (χ1n) is 5.23. The molecule has 0 atom stereocenters. The molecule has 0 saturated carbocycles. The molecule has 6 nitrogen and oxygen atoms in total. The smallest absolute Gasteiger partial charge is 0.274 e. The lowest BCUT2D eigenvalue weighted by atomic mass is 10.1. The van der Waals surface area contributed by atoms with Crippen LogP contribution in [0.3, 0.4) is 0 Å². The van der Waals surface area contributed by atoms with Gasteiger partial charge in [-0.05, 0) is 28.1 Å². The van der Waals surface area contributed by atoms with Crippen molar-refractivity contribution in [1.82, 2.24) is 9.55 Å². The molecule has 0 aliphatic heterocycles. The summed E-state index contributed by atoms with van der Waals surface area (Å²) in [4.78, 5) is 25.9. The number of nitrogens with zero attached hydrogens (tertiary/aromatic N) is 3. The second-order valence-electron chi connectivity index (χ2n) is 3.81. The van der Waals surface area contributed by atoms with Gasteiger partial charge in [-0.2, -0.15) is 0 Å². The third-order valence-electron chi connectivity index (χ3n) is 2.52. The van der Waals surface area contributed by atoms with Crippen LogP contribution >= 0.6 is 27.5 Å². The molecule has 1 aromatic heterocycles. The molecule has 0 radical (unpaired) electrons. The van der Waals surface area contributed by atoms with Gasteiger partial charge in [0, 0.05) is 6.07 Å². The molecule has 1 heterocycles. The van der Waals surface area contributed by atoms with E-state index in [4.69, 9.17) is 11.6 Å². The number of hydrogen-bond acceptors (Lipinski definition) is 4. The summed E-state index contributed by atoms with van der Waals surface area (Å²) in [7, 11) is 0. The van der Waals surface area contributed by atoms with Crippen molar-refractivity contribution in [2.75, 3.05) is 0 Å². The largest absolute Gasteiger partial charge is 0.293 e. The number of hydrogen-bond donors (Lipinski definition) is 0. The van der Waals surface area contributed by atoms with Crippen LogP contribution in [0.25, 0.3) is 0 Å². The molecule has 2 aromatic rings. The number of benzene rings is 1. The summed E-state index contributed by atoms with van der Waals surface area (Å²) in [6.45, 7) is -0.185. The molecule has 20 heavy (non-hydrogen) atoms. The third kappa shape index (κ3) is 2.86. The van der Waals surface area contributed by atoms with Crippen molar-refractivity contribution in [1.29, 1.82) is 0 Å². The van der Waals surface area contributed by atoms with Crippen molar-refractivity contribution < 1.29 is 9.31 Å². The molecule has 0 unspecified atom stereocenters. The molecule has 9 heteroatoms. The van der Waals surface area contributed by atoms with Crippen molar-refractivity contribution in [3.8, 4) is 0 Å². The fourth-order valence-electron chi connectivity index (χ4n) is 1.60. The Balaban J connectivity index is 2.50. The van der Waals surface area contributed by atoms with E-state index in [9.17, 15) is 19.3 Å². The quantitative estimate of drug-likeness (QED) is 0.478. The van der Waals surface area contributed by atoms with Gasteiger partial charge in [-0.3, -0.25) is 19.5 Å². The molecular formula is C11H6BrClFN3O3. The molecule has 0 spiro atoms. The van der Waals surface area contributed by atoms with Crippen molar-refractivity contribution >= 4 is 33.2 Å². The molecule has 0 saturated heterocycles. The van der Waals surface area contributed by atoms with Gasteiger partial charge in [0.2, 0.25) is 0 Å². The number of halogens is 3. The van der Waals surface area contributed by atoms with Crippen LogP contribution in [0, 0.1) is 15.9 Å². The van der Waals surface area contributed by atoms with E-state index >= 15 is 0 Å². The van der Waals surface area contributed by atoms with Gasteiger partial charge in [-0.15, -0.1) is 0 Å². The molecule has 0 aliphatic carbocycles. The average molecular weight is 363 g/mol. The van der Waals surface area contributed by atoms with Gasteiger partial charge in [0.05, 0.1) is 23.4 Å². The second-order valence-corrected chi connectivity index (χ2v) is 4.96. The minimum atomic E-state index is -0.641. The Kier molecular flexibility index (Phi) is 4.15. The highest BCUT2D eigenvalue weighted by Crippen LogP contribution is 2.21. The maximum atomic E-state index is 13.2. The second kappa shape index (κ2) is 5.68. The van der Waals surface area contributed by atoms with Crippen LogP contribution in [0.5, 0.6) is 0 Å². The first-order chi connectivity index (χ1) is 9.40. The van der Waals surface area contributed by atoms with E-state index in [0.29, 0.717) is 0 Å². The molecule has 0 N–H and O–H groups in total. The minimum absolute atomic E-state index is 0.0139. The Morgan fingerprint density at radius 2 is 2.20 bits per heavy atom. The summed E-state index contributed by atoms with van der Waals surface area (Å²) >= 11 is 8.63. The fraction of sp³-hybridized carbons (Fsp3) is 0.0909. The molecule has 0 aliphatic rings. The van der Waals surface area contributed by atoms with Crippen molar-refractivity contribution in [3.05, 3.63) is 66.0 Å². The average Bonchev–Trinajstić information content (AvgIpc) is 2.39. The van der Waals surface area contributed by atoms with Crippen LogP contribution in [-0.4, -0.2) is 14.5 Å². The summed E-state index contributed by atoms with van der Waals surface area (Å²) in [6.07, 6.45) is 1.14. The summed E-state index contributed by atoms with van der Waals surface area (Å²) in [5.74, 6) is -0.625. The molecule has 0 amide bonds. The zero-order chi connectivity index (χ0) is 14.9. The number of aromatic nitrogens is 2. The van der Waals surface area contributed by atoms with E-state index < -0.39 is 16.3 Å². The monoisotopic (exact) mass is 361 g/mol. The third-order valence-corrected chi connectivity index (χ3v) is 3.75. The minimum Gasteiger partial charge on any atom is -0.293 e. The SMILES string of the molecule is O=c1c(Br)c(Cl)ncn1Cc1cc(F)ccc1[N+](=O)[O-]. The summed E-state index contributed by atoms with van der Waals surface area (Å²) in [6, 6.07) is 3.04. The Hall–Kier alpha value is -1.80. The molecule has 1 aromatic carbocycles. The first kappa shape index (κ1) is 14.6. The summed E-state index contributed by atoms with van der Waals surface area (Å²) in [5.41, 5.74) is -0.721. The maximum absolute atomic E-state index is 13.2. The van der Waals surface area contributed by atoms with Crippen LogP contribution in [-0.2, 0) is 6.54 Å². The Labute approximate surface area is 125 Å². The van der Waals surface area contributed by atoms with E-state index in [1.165, 1.54) is 0 Å². The van der Waals surface area contributed by atoms with Crippen molar-refractivity contribution in [3.63, 3.8) is 0 Å². The fourth-order valence-corrected chi connectivity index (χ4v) is 2.05.